The third-order valence-corrected chi connectivity index (χ3v) is 3.21. The molecule has 2 aromatic carbocycles. The lowest BCUT2D eigenvalue weighted by Gasteiger charge is -2.30. The molecule has 0 atom stereocenters. The lowest BCUT2D eigenvalue weighted by Crippen LogP contribution is -2.61. The number of nitrogens with zero attached hydrogens (tertiary/aromatic N) is 2. The molecule has 4 amide bonds. The van der Waals surface area contributed by atoms with Crippen LogP contribution in [-0.4, -0.2) is 23.6 Å². The normalized spacial score (nSPS) is 15.5. The lowest BCUT2D eigenvalue weighted by molar-refractivity contribution is -0.147. The van der Waals surface area contributed by atoms with Crippen LogP contribution in [0.5, 0.6) is 0 Å². The van der Waals surface area contributed by atoms with Crippen molar-refractivity contribution in [2.45, 2.75) is 0 Å². The zero-order valence-electron chi connectivity index (χ0n) is 11.3. The van der Waals surface area contributed by atoms with Crippen LogP contribution in [0.25, 0.3) is 0 Å². The Morgan fingerprint density at radius 3 is 1.00 bits per heavy atom. The second kappa shape index (κ2) is 5.25. The maximum absolute atomic E-state index is 12.2. The van der Waals surface area contributed by atoms with E-state index in [1.165, 1.54) is 24.3 Å². The number of imide groups is 2. The first kappa shape index (κ1) is 13.7. The molecule has 108 valence electrons. The van der Waals surface area contributed by atoms with Crippen molar-refractivity contribution in [3.63, 3.8) is 0 Å². The largest absolute Gasteiger partial charge is 0.324 e. The van der Waals surface area contributed by atoms with E-state index in [9.17, 15) is 19.2 Å². The summed E-state index contributed by atoms with van der Waals surface area (Å²) in [6, 6.07) is 15.7. The third-order valence-electron chi connectivity index (χ3n) is 3.21. The van der Waals surface area contributed by atoms with Gasteiger partial charge in [0, 0.05) is 0 Å². The SMILES string of the molecule is O=C1C(=O)N(c2ccccc2)C(=O)C(=O)N1c1ccccc1. The molecule has 1 fully saturated rings. The van der Waals surface area contributed by atoms with E-state index < -0.39 is 23.6 Å². The van der Waals surface area contributed by atoms with Crippen LogP contribution in [0.1, 0.15) is 0 Å². The van der Waals surface area contributed by atoms with Gasteiger partial charge in [0.15, 0.2) is 0 Å². The van der Waals surface area contributed by atoms with Crippen LogP contribution >= 0.6 is 0 Å². The Morgan fingerprint density at radius 1 is 0.455 bits per heavy atom. The van der Waals surface area contributed by atoms with Crippen molar-refractivity contribution in [1.29, 1.82) is 0 Å². The molecule has 1 aliphatic rings. The fourth-order valence-electron chi connectivity index (χ4n) is 2.19. The number of piperazine rings is 1. The summed E-state index contributed by atoms with van der Waals surface area (Å²) in [6.45, 7) is 0. The number of carbonyl (C=O) groups is 4. The van der Waals surface area contributed by atoms with E-state index in [1.54, 1.807) is 36.4 Å². The van der Waals surface area contributed by atoms with Gasteiger partial charge in [0.2, 0.25) is 0 Å². The molecule has 1 heterocycles. The highest BCUT2D eigenvalue weighted by molar-refractivity contribution is 6.68. The van der Waals surface area contributed by atoms with Gasteiger partial charge >= 0.3 is 23.6 Å². The van der Waals surface area contributed by atoms with Crippen LogP contribution in [0, 0.1) is 0 Å². The predicted molar refractivity (Wildman–Crippen MR) is 77.9 cm³/mol. The first-order valence-electron chi connectivity index (χ1n) is 6.48. The molecule has 0 unspecified atom stereocenters. The van der Waals surface area contributed by atoms with Gasteiger partial charge in [-0.3, -0.25) is 19.2 Å². The minimum Gasteiger partial charge on any atom is -0.262 e. The molecule has 0 saturated carbocycles. The van der Waals surface area contributed by atoms with Gasteiger partial charge in [-0.1, -0.05) is 36.4 Å². The summed E-state index contributed by atoms with van der Waals surface area (Å²) in [4.78, 5) is 50.1. The van der Waals surface area contributed by atoms with Gasteiger partial charge in [0.05, 0.1) is 11.4 Å². The van der Waals surface area contributed by atoms with Gasteiger partial charge < -0.3 is 0 Å². The zero-order valence-corrected chi connectivity index (χ0v) is 11.3. The Morgan fingerprint density at radius 2 is 0.727 bits per heavy atom. The molecular formula is C16H10N2O4. The van der Waals surface area contributed by atoms with Crippen LogP contribution in [0.4, 0.5) is 11.4 Å². The van der Waals surface area contributed by atoms with Crippen molar-refractivity contribution in [3.05, 3.63) is 60.7 Å². The first-order chi connectivity index (χ1) is 10.6. The summed E-state index contributed by atoms with van der Waals surface area (Å²) in [5.74, 6) is -4.22. The van der Waals surface area contributed by atoms with E-state index in [1.807, 2.05) is 0 Å². The molecule has 6 nitrogen and oxygen atoms in total. The molecule has 22 heavy (non-hydrogen) atoms. The van der Waals surface area contributed by atoms with E-state index in [0.717, 1.165) is 0 Å². The molecule has 2 aromatic rings. The molecule has 0 bridgehead atoms. The molecular weight excluding hydrogens is 284 g/mol. The Bertz CT molecular complexity index is 676. The standard InChI is InChI=1S/C16H10N2O4/c19-13-15(21)18(12-9-5-2-6-10-12)16(22)14(20)17(13)11-7-3-1-4-8-11/h1-10H. The van der Waals surface area contributed by atoms with E-state index in [0.29, 0.717) is 9.80 Å². The van der Waals surface area contributed by atoms with Gasteiger partial charge in [-0.05, 0) is 24.3 Å². The van der Waals surface area contributed by atoms with Crippen LogP contribution in [0.2, 0.25) is 0 Å². The zero-order chi connectivity index (χ0) is 15.7. The molecule has 3 rings (SSSR count). The van der Waals surface area contributed by atoms with Crippen molar-refractivity contribution in [2.24, 2.45) is 0 Å². The predicted octanol–water partition coefficient (Wildman–Crippen LogP) is 1.12. The second-order valence-electron chi connectivity index (χ2n) is 4.56. The molecule has 0 aromatic heterocycles. The van der Waals surface area contributed by atoms with Crippen molar-refractivity contribution in [2.75, 3.05) is 9.80 Å². The highest BCUT2D eigenvalue weighted by Crippen LogP contribution is 2.23. The molecule has 0 aliphatic carbocycles. The fraction of sp³-hybridized carbons (Fsp3) is 0. The van der Waals surface area contributed by atoms with Crippen molar-refractivity contribution >= 4 is 35.0 Å². The quantitative estimate of drug-likeness (QED) is 0.614. The molecule has 0 N–H and O–H groups in total. The van der Waals surface area contributed by atoms with Crippen molar-refractivity contribution < 1.29 is 19.2 Å². The van der Waals surface area contributed by atoms with E-state index in [2.05, 4.69) is 0 Å². The number of anilines is 2. The number of hydrogen-bond donors (Lipinski definition) is 0. The molecule has 0 radical (unpaired) electrons. The summed E-state index contributed by atoms with van der Waals surface area (Å²) >= 11 is 0. The van der Waals surface area contributed by atoms with Gasteiger partial charge in [-0.2, -0.15) is 0 Å². The second-order valence-corrected chi connectivity index (χ2v) is 4.56. The molecule has 6 heteroatoms. The molecule has 1 aliphatic heterocycles. The van der Waals surface area contributed by atoms with Crippen molar-refractivity contribution in [1.82, 2.24) is 0 Å². The number of carbonyl (C=O) groups excluding carboxylic acids is 4. The highest BCUT2D eigenvalue weighted by Gasteiger charge is 2.46. The van der Waals surface area contributed by atoms with Gasteiger partial charge in [0.1, 0.15) is 0 Å². The van der Waals surface area contributed by atoms with Gasteiger partial charge in [0.25, 0.3) is 0 Å². The summed E-state index contributed by atoms with van der Waals surface area (Å²) in [7, 11) is 0. The fourth-order valence-corrected chi connectivity index (χ4v) is 2.19. The number of amides is 4. The average Bonchev–Trinajstić information content (AvgIpc) is 2.55. The highest BCUT2D eigenvalue weighted by atomic mass is 16.2. The molecule has 1 saturated heterocycles. The third kappa shape index (κ3) is 2.07. The number of para-hydroxylation sites is 2. The van der Waals surface area contributed by atoms with E-state index in [4.69, 9.17) is 0 Å². The summed E-state index contributed by atoms with van der Waals surface area (Å²) in [6.07, 6.45) is 0. The van der Waals surface area contributed by atoms with Gasteiger partial charge in [-0.25, -0.2) is 9.80 Å². The maximum atomic E-state index is 12.2. The Balaban J connectivity index is 2.03. The van der Waals surface area contributed by atoms with Gasteiger partial charge in [-0.15, -0.1) is 0 Å². The van der Waals surface area contributed by atoms with E-state index in [-0.39, 0.29) is 11.4 Å². The number of hydrogen-bond acceptors (Lipinski definition) is 4. The van der Waals surface area contributed by atoms with E-state index >= 15 is 0 Å². The summed E-state index contributed by atoms with van der Waals surface area (Å²) in [5.41, 5.74) is 0.374. The minimum atomic E-state index is -1.06. The minimum absolute atomic E-state index is 0.187. The van der Waals surface area contributed by atoms with Crippen LogP contribution in [0.3, 0.4) is 0 Å². The average molecular weight is 294 g/mol. The lowest BCUT2D eigenvalue weighted by atomic mass is 10.2. The summed E-state index contributed by atoms with van der Waals surface area (Å²) in [5, 5.41) is 0. The Kier molecular flexibility index (Phi) is 3.27. The first-order valence-corrected chi connectivity index (χ1v) is 6.48. The topological polar surface area (TPSA) is 74.8 Å². The molecule has 0 spiro atoms. The van der Waals surface area contributed by atoms with Crippen LogP contribution in [0.15, 0.2) is 60.7 Å². The maximum Gasteiger partial charge on any atom is 0.324 e. The smallest absolute Gasteiger partial charge is 0.262 e. The Labute approximate surface area is 125 Å². The number of rotatable bonds is 2. The monoisotopic (exact) mass is 294 g/mol. The van der Waals surface area contributed by atoms with Crippen molar-refractivity contribution in [3.8, 4) is 0 Å². The van der Waals surface area contributed by atoms with Crippen LogP contribution < -0.4 is 9.80 Å². The number of benzene rings is 2. The summed E-state index contributed by atoms with van der Waals surface area (Å²) < 4.78 is 0. The Hall–Kier alpha value is -3.28. The van der Waals surface area contributed by atoms with Crippen LogP contribution in [-0.2, 0) is 19.2 Å².